The molecule has 2 saturated heterocycles. The molecule has 0 radical (unpaired) electrons. The molecule has 44 heavy (non-hydrogen) atoms. The van der Waals surface area contributed by atoms with Crippen molar-refractivity contribution in [1.29, 1.82) is 0 Å². The molecule has 2 aromatic heterocycles. The number of amides is 3. The van der Waals surface area contributed by atoms with Crippen LogP contribution in [-0.4, -0.2) is 66.2 Å². The number of anilines is 3. The Morgan fingerprint density at radius 3 is 2.11 bits per heavy atom. The van der Waals surface area contributed by atoms with E-state index in [-0.39, 0.29) is 11.9 Å². The van der Waals surface area contributed by atoms with E-state index in [1.54, 1.807) is 30.5 Å². The lowest BCUT2D eigenvalue weighted by Crippen LogP contribution is -2.37. The number of nitrogens with zero attached hydrogens (tertiary/aromatic N) is 4. The zero-order valence-corrected chi connectivity index (χ0v) is 24.2. The number of furan rings is 1. The number of rotatable bonds is 6. The van der Waals surface area contributed by atoms with Crippen molar-refractivity contribution >= 4 is 40.0 Å². The fourth-order valence-corrected chi connectivity index (χ4v) is 5.65. The molecule has 222 valence electrons. The van der Waals surface area contributed by atoms with Gasteiger partial charge < -0.3 is 29.6 Å². The minimum absolute atomic E-state index is 0.0315. The highest BCUT2D eigenvalue weighted by atomic mass is 16.5. The molecule has 3 amide bonds. The van der Waals surface area contributed by atoms with E-state index in [1.165, 1.54) is 0 Å². The van der Waals surface area contributed by atoms with Crippen LogP contribution in [0, 0.1) is 0 Å². The van der Waals surface area contributed by atoms with Gasteiger partial charge in [-0.25, -0.2) is 14.8 Å². The van der Waals surface area contributed by atoms with Crippen molar-refractivity contribution in [1.82, 2.24) is 14.9 Å². The summed E-state index contributed by atoms with van der Waals surface area (Å²) in [5.74, 6) is 2.27. The van der Waals surface area contributed by atoms with Gasteiger partial charge in [-0.15, -0.1) is 0 Å². The second-order valence-electron chi connectivity index (χ2n) is 10.9. The van der Waals surface area contributed by atoms with Crippen LogP contribution < -0.4 is 15.5 Å². The number of likely N-dealkylation sites (tertiary alicyclic amines) is 1. The van der Waals surface area contributed by atoms with Crippen molar-refractivity contribution in [2.24, 2.45) is 0 Å². The van der Waals surface area contributed by atoms with Gasteiger partial charge in [0.05, 0.1) is 25.0 Å². The third-order valence-electron chi connectivity index (χ3n) is 7.98. The number of hydrogen-bond acceptors (Lipinski definition) is 7. The molecule has 2 N–H and O–H groups in total. The largest absolute Gasteiger partial charge is 0.464 e. The number of fused-ring (bicyclic) bond motifs is 1. The molecule has 0 aliphatic carbocycles. The Morgan fingerprint density at radius 1 is 0.750 bits per heavy atom. The second-order valence-corrected chi connectivity index (χ2v) is 10.9. The maximum absolute atomic E-state index is 12.7. The molecule has 0 saturated carbocycles. The molecule has 10 nitrogen and oxygen atoms in total. The zero-order valence-electron chi connectivity index (χ0n) is 24.2. The third-order valence-corrected chi connectivity index (χ3v) is 7.98. The lowest BCUT2D eigenvalue weighted by Gasteiger charge is -2.29. The number of carbonyl (C=O) groups is 2. The minimum atomic E-state index is -0.376. The number of benzene rings is 3. The van der Waals surface area contributed by atoms with Crippen molar-refractivity contribution in [3.8, 4) is 22.7 Å². The molecule has 3 aromatic carbocycles. The molecule has 0 spiro atoms. The van der Waals surface area contributed by atoms with Gasteiger partial charge >= 0.3 is 6.03 Å². The smallest absolute Gasteiger partial charge is 0.323 e. The number of aromatic nitrogens is 2. The highest BCUT2D eigenvalue weighted by molar-refractivity contribution is 6.01. The van der Waals surface area contributed by atoms with Gasteiger partial charge in [0.15, 0.2) is 5.82 Å². The molecule has 0 bridgehead atoms. The highest BCUT2D eigenvalue weighted by Crippen LogP contribution is 2.32. The van der Waals surface area contributed by atoms with E-state index >= 15 is 0 Å². The van der Waals surface area contributed by atoms with Gasteiger partial charge in [-0.05, 0) is 85.6 Å². The van der Waals surface area contributed by atoms with Gasteiger partial charge in [-0.2, -0.15) is 0 Å². The van der Waals surface area contributed by atoms with E-state index in [9.17, 15) is 9.59 Å². The van der Waals surface area contributed by atoms with Crippen molar-refractivity contribution in [2.75, 3.05) is 54.9 Å². The van der Waals surface area contributed by atoms with Crippen molar-refractivity contribution in [2.45, 2.75) is 12.8 Å². The quantitative estimate of drug-likeness (QED) is 0.240. The van der Waals surface area contributed by atoms with Crippen LogP contribution in [0.5, 0.6) is 0 Å². The fraction of sp³-hybridized carbons (Fsp3) is 0.235. The monoisotopic (exact) mass is 588 g/mol. The second kappa shape index (κ2) is 12.2. The molecule has 5 aromatic rings. The van der Waals surface area contributed by atoms with Crippen LogP contribution in [-0.2, 0) is 4.74 Å². The molecule has 2 fully saturated rings. The number of hydrogen-bond donors (Lipinski definition) is 2. The topological polar surface area (TPSA) is 113 Å². The molecule has 4 heterocycles. The van der Waals surface area contributed by atoms with E-state index in [0.29, 0.717) is 36.0 Å². The third kappa shape index (κ3) is 5.84. The summed E-state index contributed by atoms with van der Waals surface area (Å²) >= 11 is 0. The van der Waals surface area contributed by atoms with Gasteiger partial charge in [0.2, 0.25) is 0 Å². The van der Waals surface area contributed by atoms with Gasteiger partial charge in [0.25, 0.3) is 5.91 Å². The number of morpholine rings is 1. The first-order valence-corrected chi connectivity index (χ1v) is 14.9. The van der Waals surface area contributed by atoms with Gasteiger partial charge in [-0.3, -0.25) is 4.79 Å². The normalized spacial score (nSPS) is 15.0. The average Bonchev–Trinajstić information content (AvgIpc) is 3.81. The predicted molar refractivity (Wildman–Crippen MR) is 170 cm³/mol. The Labute approximate surface area is 254 Å². The Hall–Kier alpha value is -5.22. The van der Waals surface area contributed by atoms with Gasteiger partial charge in [0, 0.05) is 59.6 Å². The maximum Gasteiger partial charge on any atom is 0.323 e. The predicted octanol–water partition coefficient (Wildman–Crippen LogP) is 6.27. The van der Waals surface area contributed by atoms with Crippen molar-refractivity contribution in [3.05, 3.63) is 90.7 Å². The fourth-order valence-electron chi connectivity index (χ4n) is 5.65. The molecule has 2 aliphatic rings. The standard InChI is InChI=1S/C34H32N6O4/c41-33(40-15-1-2-16-40)24-7-12-27(13-8-24)36-34(42)35-26-10-5-23(6-11-26)31-37-29-22-25(30-4-3-19-44-30)9-14-28(29)32(38-31)39-17-20-43-21-18-39/h3-14,19,22H,1-2,15-18,20-21H2,(H2,35,36,42). The molecular weight excluding hydrogens is 556 g/mol. The van der Waals surface area contributed by atoms with Crippen LogP contribution >= 0.6 is 0 Å². The van der Waals surface area contributed by atoms with Crippen LogP contribution in [0.25, 0.3) is 33.6 Å². The highest BCUT2D eigenvalue weighted by Gasteiger charge is 2.20. The molecule has 2 aliphatic heterocycles. The van der Waals surface area contributed by atoms with Crippen LogP contribution in [0.15, 0.2) is 89.5 Å². The summed E-state index contributed by atoms with van der Waals surface area (Å²) < 4.78 is 11.2. The van der Waals surface area contributed by atoms with Crippen LogP contribution in [0.1, 0.15) is 23.2 Å². The molecular formula is C34H32N6O4. The summed E-state index contributed by atoms with van der Waals surface area (Å²) in [5, 5.41) is 6.67. The molecule has 10 heteroatoms. The Balaban J connectivity index is 1.08. The van der Waals surface area contributed by atoms with Gasteiger partial charge in [-0.1, -0.05) is 6.07 Å². The zero-order chi connectivity index (χ0) is 29.9. The SMILES string of the molecule is O=C(Nc1ccc(C(=O)N2CCCC2)cc1)Nc1ccc(-c2nc(N3CCOCC3)c3ccc(-c4ccco4)cc3n2)cc1. The van der Waals surface area contributed by atoms with E-state index < -0.39 is 0 Å². The van der Waals surface area contributed by atoms with Crippen molar-refractivity contribution in [3.63, 3.8) is 0 Å². The van der Waals surface area contributed by atoms with Crippen molar-refractivity contribution < 1.29 is 18.7 Å². The number of ether oxygens (including phenoxy) is 1. The minimum Gasteiger partial charge on any atom is -0.464 e. The first-order valence-electron chi connectivity index (χ1n) is 14.9. The van der Waals surface area contributed by atoms with Gasteiger partial charge in [0.1, 0.15) is 11.6 Å². The summed E-state index contributed by atoms with van der Waals surface area (Å²) in [4.78, 5) is 39.3. The summed E-state index contributed by atoms with van der Waals surface area (Å²) in [5.41, 5.74) is 4.44. The molecule has 0 atom stereocenters. The summed E-state index contributed by atoms with van der Waals surface area (Å²) in [6.45, 7) is 4.40. The molecule has 7 rings (SSSR count). The Bertz CT molecular complexity index is 1780. The lowest BCUT2D eigenvalue weighted by molar-refractivity contribution is 0.0793. The first-order chi connectivity index (χ1) is 21.6. The van der Waals surface area contributed by atoms with E-state index in [4.69, 9.17) is 19.1 Å². The van der Waals surface area contributed by atoms with E-state index in [0.717, 1.165) is 72.6 Å². The average molecular weight is 589 g/mol. The van der Waals surface area contributed by atoms with E-state index in [1.807, 2.05) is 59.5 Å². The maximum atomic E-state index is 12.7. The van der Waals surface area contributed by atoms with Crippen LogP contribution in [0.2, 0.25) is 0 Å². The first kappa shape index (κ1) is 27.6. The van der Waals surface area contributed by atoms with E-state index in [2.05, 4.69) is 15.5 Å². The number of nitrogens with one attached hydrogen (secondary N) is 2. The number of carbonyl (C=O) groups excluding carboxylic acids is 2. The summed E-state index contributed by atoms with van der Waals surface area (Å²) in [6.07, 6.45) is 3.75. The summed E-state index contributed by atoms with van der Waals surface area (Å²) in [6, 6.07) is 24.0. The number of urea groups is 1. The lowest BCUT2D eigenvalue weighted by atomic mass is 10.1. The molecule has 0 unspecified atom stereocenters. The Kier molecular flexibility index (Phi) is 7.64. The Morgan fingerprint density at radius 2 is 1.43 bits per heavy atom. The summed E-state index contributed by atoms with van der Waals surface area (Å²) in [7, 11) is 0. The van der Waals surface area contributed by atoms with Crippen LogP contribution in [0.3, 0.4) is 0 Å². The van der Waals surface area contributed by atoms with Crippen LogP contribution in [0.4, 0.5) is 22.0 Å².